The van der Waals surface area contributed by atoms with Crippen molar-refractivity contribution in [2.24, 2.45) is 0 Å². The molecule has 1 N–H and O–H groups in total. The third kappa shape index (κ3) is 4.22. The van der Waals surface area contributed by atoms with E-state index in [1.54, 1.807) is 13.2 Å². The number of aryl methyl sites for hydroxylation is 1. The zero-order valence-electron chi connectivity index (χ0n) is 20.1. The molecule has 1 aliphatic carbocycles. The molecular formula is C28H25N5O3. The molecule has 0 bridgehead atoms. The van der Waals surface area contributed by atoms with Gasteiger partial charge in [-0.15, -0.1) is 0 Å². The molecule has 3 heterocycles. The van der Waals surface area contributed by atoms with Gasteiger partial charge in [-0.1, -0.05) is 29.4 Å². The summed E-state index contributed by atoms with van der Waals surface area (Å²) in [4.78, 5) is 18.2. The molecule has 0 aliphatic heterocycles. The highest BCUT2D eigenvalue weighted by Crippen LogP contribution is 2.41. The van der Waals surface area contributed by atoms with Crippen LogP contribution in [-0.4, -0.2) is 32.9 Å². The second-order valence-corrected chi connectivity index (χ2v) is 9.09. The van der Waals surface area contributed by atoms with Gasteiger partial charge in [0.25, 0.3) is 11.6 Å². The van der Waals surface area contributed by atoms with Crippen LogP contribution in [0.15, 0.2) is 71.4 Å². The average molecular weight is 480 g/mol. The van der Waals surface area contributed by atoms with Crippen molar-refractivity contribution in [3.8, 4) is 17.0 Å². The van der Waals surface area contributed by atoms with Crippen LogP contribution in [0.4, 0.5) is 5.82 Å². The Morgan fingerprint density at radius 3 is 2.69 bits per heavy atom. The molecule has 0 saturated heterocycles. The van der Waals surface area contributed by atoms with E-state index < -0.39 is 0 Å². The van der Waals surface area contributed by atoms with E-state index in [4.69, 9.17) is 9.26 Å². The van der Waals surface area contributed by atoms with Gasteiger partial charge in [0, 0.05) is 29.4 Å². The largest absolute Gasteiger partial charge is 0.497 e. The number of hydrogen-bond donors (Lipinski definition) is 1. The SMILES string of the molecule is COc1ccc(-c2noc3nc(C4CC4)cc(C(=O)Nc4ccn(Cc5ccccc5C)n4)c23)cc1. The van der Waals surface area contributed by atoms with Crippen LogP contribution >= 0.6 is 0 Å². The minimum atomic E-state index is -0.275. The van der Waals surface area contributed by atoms with Crippen LogP contribution < -0.4 is 10.1 Å². The number of ether oxygens (including phenoxy) is 1. The van der Waals surface area contributed by atoms with Crippen LogP contribution in [-0.2, 0) is 6.54 Å². The van der Waals surface area contributed by atoms with Crippen LogP contribution in [0, 0.1) is 6.92 Å². The van der Waals surface area contributed by atoms with Crippen molar-refractivity contribution in [3.63, 3.8) is 0 Å². The minimum absolute atomic E-state index is 0.275. The Bertz CT molecular complexity index is 1560. The third-order valence-corrected chi connectivity index (χ3v) is 6.55. The number of rotatable bonds is 7. The summed E-state index contributed by atoms with van der Waals surface area (Å²) in [7, 11) is 1.62. The van der Waals surface area contributed by atoms with Crippen LogP contribution in [0.3, 0.4) is 0 Å². The number of carbonyl (C=O) groups is 1. The summed E-state index contributed by atoms with van der Waals surface area (Å²) >= 11 is 0. The summed E-state index contributed by atoms with van der Waals surface area (Å²) in [5.41, 5.74) is 5.45. The molecule has 0 radical (unpaired) electrons. The smallest absolute Gasteiger partial charge is 0.259 e. The number of anilines is 1. The fourth-order valence-corrected chi connectivity index (χ4v) is 4.35. The first-order valence-corrected chi connectivity index (χ1v) is 11.9. The summed E-state index contributed by atoms with van der Waals surface area (Å²) < 4.78 is 12.7. The Hall–Kier alpha value is -4.46. The Kier molecular flexibility index (Phi) is 5.48. The molecule has 36 heavy (non-hydrogen) atoms. The quantitative estimate of drug-likeness (QED) is 0.327. The summed E-state index contributed by atoms with van der Waals surface area (Å²) in [6.45, 7) is 2.70. The number of hydrogen-bond acceptors (Lipinski definition) is 6. The Balaban J connectivity index is 1.33. The Morgan fingerprint density at radius 2 is 1.94 bits per heavy atom. The van der Waals surface area contributed by atoms with Crippen molar-refractivity contribution in [1.29, 1.82) is 0 Å². The number of fused-ring (bicyclic) bond motifs is 1. The number of aromatic nitrogens is 4. The van der Waals surface area contributed by atoms with E-state index in [0.29, 0.717) is 40.6 Å². The number of pyridine rings is 1. The van der Waals surface area contributed by atoms with Gasteiger partial charge in [-0.3, -0.25) is 9.48 Å². The second kappa shape index (κ2) is 8.96. The van der Waals surface area contributed by atoms with Gasteiger partial charge in [-0.05, 0) is 61.2 Å². The number of methoxy groups -OCH3 is 1. The van der Waals surface area contributed by atoms with Gasteiger partial charge >= 0.3 is 0 Å². The minimum Gasteiger partial charge on any atom is -0.497 e. The highest BCUT2D eigenvalue weighted by molar-refractivity contribution is 6.14. The third-order valence-electron chi connectivity index (χ3n) is 6.55. The molecule has 1 fully saturated rings. The number of nitrogens with zero attached hydrogens (tertiary/aromatic N) is 4. The molecule has 8 nitrogen and oxygen atoms in total. The van der Waals surface area contributed by atoms with Crippen molar-refractivity contribution >= 4 is 22.8 Å². The van der Waals surface area contributed by atoms with Crippen LogP contribution in [0.5, 0.6) is 5.75 Å². The molecule has 3 aromatic heterocycles. The van der Waals surface area contributed by atoms with Gasteiger partial charge in [0.05, 0.1) is 24.6 Å². The summed E-state index contributed by atoms with van der Waals surface area (Å²) in [5, 5.41) is 12.4. The number of benzene rings is 2. The van der Waals surface area contributed by atoms with Crippen LogP contribution in [0.1, 0.15) is 45.9 Å². The van der Waals surface area contributed by atoms with Crippen molar-refractivity contribution < 1.29 is 14.1 Å². The molecule has 5 aromatic rings. The molecule has 0 atom stereocenters. The molecule has 180 valence electrons. The average Bonchev–Trinajstić information content (AvgIpc) is 3.52. The molecule has 1 saturated carbocycles. The molecule has 8 heteroatoms. The number of carbonyl (C=O) groups excluding carboxylic acids is 1. The van der Waals surface area contributed by atoms with Crippen LogP contribution in [0.2, 0.25) is 0 Å². The van der Waals surface area contributed by atoms with Gasteiger partial charge in [0.1, 0.15) is 11.4 Å². The summed E-state index contributed by atoms with van der Waals surface area (Å²) in [6.07, 6.45) is 3.98. The van der Waals surface area contributed by atoms with E-state index in [1.807, 2.05) is 53.3 Å². The molecule has 2 aromatic carbocycles. The number of amides is 1. The lowest BCUT2D eigenvalue weighted by Gasteiger charge is -2.08. The maximum absolute atomic E-state index is 13.5. The van der Waals surface area contributed by atoms with E-state index >= 15 is 0 Å². The number of nitrogens with one attached hydrogen (secondary N) is 1. The molecule has 1 amide bonds. The maximum Gasteiger partial charge on any atom is 0.259 e. The van der Waals surface area contributed by atoms with Gasteiger partial charge in [-0.2, -0.15) is 5.10 Å². The van der Waals surface area contributed by atoms with Gasteiger partial charge in [0.2, 0.25) is 0 Å². The lowest BCUT2D eigenvalue weighted by Crippen LogP contribution is -2.14. The zero-order valence-corrected chi connectivity index (χ0v) is 20.1. The van der Waals surface area contributed by atoms with Gasteiger partial charge < -0.3 is 14.6 Å². The van der Waals surface area contributed by atoms with Crippen molar-refractivity contribution in [1.82, 2.24) is 19.9 Å². The summed E-state index contributed by atoms with van der Waals surface area (Å²) in [5.74, 6) is 1.29. The molecule has 0 unspecified atom stereocenters. The maximum atomic E-state index is 13.5. The predicted octanol–water partition coefficient (Wildman–Crippen LogP) is 5.58. The van der Waals surface area contributed by atoms with E-state index in [9.17, 15) is 4.79 Å². The molecule has 6 rings (SSSR count). The molecule has 0 spiro atoms. The van der Waals surface area contributed by atoms with E-state index in [1.165, 1.54) is 11.1 Å². The Morgan fingerprint density at radius 1 is 1.14 bits per heavy atom. The fourth-order valence-electron chi connectivity index (χ4n) is 4.35. The van der Waals surface area contributed by atoms with E-state index in [0.717, 1.165) is 29.8 Å². The van der Waals surface area contributed by atoms with Crippen molar-refractivity contribution in [2.45, 2.75) is 32.2 Å². The highest BCUT2D eigenvalue weighted by atomic mass is 16.5. The fraction of sp³-hybridized carbons (Fsp3) is 0.214. The lowest BCUT2D eigenvalue weighted by molar-refractivity contribution is 0.102. The molecule has 1 aliphatic rings. The first-order chi connectivity index (χ1) is 17.6. The molecular weight excluding hydrogens is 454 g/mol. The lowest BCUT2D eigenvalue weighted by atomic mass is 10.0. The monoisotopic (exact) mass is 479 g/mol. The van der Waals surface area contributed by atoms with Gasteiger partial charge in [0.15, 0.2) is 5.82 Å². The van der Waals surface area contributed by atoms with E-state index in [-0.39, 0.29) is 5.91 Å². The Labute approximate surface area is 207 Å². The normalized spacial score (nSPS) is 13.2. The second-order valence-electron chi connectivity index (χ2n) is 9.09. The van der Waals surface area contributed by atoms with Crippen molar-refractivity contribution in [2.75, 3.05) is 12.4 Å². The van der Waals surface area contributed by atoms with Crippen molar-refractivity contribution in [3.05, 3.63) is 89.2 Å². The highest BCUT2D eigenvalue weighted by Gasteiger charge is 2.29. The first kappa shape index (κ1) is 22.0. The topological polar surface area (TPSA) is 95.1 Å². The zero-order chi connectivity index (χ0) is 24.6. The van der Waals surface area contributed by atoms with Crippen LogP contribution in [0.25, 0.3) is 22.4 Å². The standard InChI is InChI=1S/C28H25N5O3/c1-17-5-3-4-6-20(17)16-33-14-13-24(31-33)30-27(34)22-15-23(18-7-8-18)29-28-25(22)26(32-36-28)19-9-11-21(35-2)12-10-19/h3-6,9-15,18H,7-8,16H2,1-2H3,(H,30,31,34). The van der Waals surface area contributed by atoms with Gasteiger partial charge in [-0.25, -0.2) is 4.98 Å². The predicted molar refractivity (Wildman–Crippen MR) is 136 cm³/mol. The first-order valence-electron chi connectivity index (χ1n) is 11.9. The summed E-state index contributed by atoms with van der Waals surface area (Å²) in [6, 6.07) is 19.3. The van der Waals surface area contributed by atoms with E-state index in [2.05, 4.69) is 39.6 Å².